The number of benzene rings is 1. The van der Waals surface area contributed by atoms with Crippen molar-refractivity contribution in [2.75, 3.05) is 6.61 Å². The lowest BCUT2D eigenvalue weighted by Crippen LogP contribution is -2.03. The van der Waals surface area contributed by atoms with Crippen LogP contribution in [0.3, 0.4) is 0 Å². The standard InChI is InChI=1S/C14H17NO2/c16-8-12-3-4-14-13(7-12)5-6-15(14)10-17-9-11-1-2-11/h3-7,11,16H,1-2,8-10H2. The van der Waals surface area contributed by atoms with Gasteiger partial charge in [0.15, 0.2) is 0 Å². The van der Waals surface area contributed by atoms with Gasteiger partial charge in [-0.05, 0) is 47.9 Å². The summed E-state index contributed by atoms with van der Waals surface area (Å²) in [6.45, 7) is 1.60. The molecule has 0 unspecified atom stereocenters. The molecule has 2 aromatic rings. The maximum atomic E-state index is 9.08. The molecule has 0 radical (unpaired) electrons. The van der Waals surface area contributed by atoms with E-state index in [1.807, 2.05) is 24.4 Å². The smallest absolute Gasteiger partial charge is 0.122 e. The first-order valence-corrected chi connectivity index (χ1v) is 6.13. The molecular formula is C14H17NO2. The van der Waals surface area contributed by atoms with E-state index >= 15 is 0 Å². The van der Waals surface area contributed by atoms with Gasteiger partial charge in [-0.15, -0.1) is 0 Å². The van der Waals surface area contributed by atoms with Crippen molar-refractivity contribution in [3.63, 3.8) is 0 Å². The van der Waals surface area contributed by atoms with Crippen molar-refractivity contribution >= 4 is 10.9 Å². The van der Waals surface area contributed by atoms with Crippen molar-refractivity contribution in [3.8, 4) is 0 Å². The third-order valence-corrected chi connectivity index (χ3v) is 3.30. The molecule has 0 bridgehead atoms. The quantitative estimate of drug-likeness (QED) is 0.858. The molecule has 1 N–H and O–H groups in total. The van der Waals surface area contributed by atoms with Crippen LogP contribution >= 0.6 is 0 Å². The number of fused-ring (bicyclic) bond motifs is 1. The Kier molecular flexibility index (Phi) is 2.87. The number of hydrogen-bond donors (Lipinski definition) is 1. The van der Waals surface area contributed by atoms with Gasteiger partial charge >= 0.3 is 0 Å². The summed E-state index contributed by atoms with van der Waals surface area (Å²) in [7, 11) is 0. The number of aromatic nitrogens is 1. The van der Waals surface area contributed by atoms with Gasteiger partial charge in [0.1, 0.15) is 6.73 Å². The van der Waals surface area contributed by atoms with Gasteiger partial charge in [-0.1, -0.05) is 6.07 Å². The molecule has 1 heterocycles. The van der Waals surface area contributed by atoms with Gasteiger partial charge < -0.3 is 14.4 Å². The Balaban J connectivity index is 1.74. The average Bonchev–Trinajstić information content (AvgIpc) is 3.10. The predicted molar refractivity (Wildman–Crippen MR) is 66.5 cm³/mol. The highest BCUT2D eigenvalue weighted by atomic mass is 16.5. The number of aliphatic hydroxyl groups is 1. The first-order chi connectivity index (χ1) is 8.36. The van der Waals surface area contributed by atoms with Crippen LogP contribution in [0.15, 0.2) is 30.5 Å². The molecule has 3 nitrogen and oxygen atoms in total. The minimum Gasteiger partial charge on any atom is -0.392 e. The lowest BCUT2D eigenvalue weighted by atomic mass is 10.2. The molecule has 1 aliphatic rings. The number of rotatable bonds is 5. The molecule has 1 aromatic heterocycles. The largest absolute Gasteiger partial charge is 0.392 e. The van der Waals surface area contributed by atoms with Crippen LogP contribution in [0.4, 0.5) is 0 Å². The first-order valence-electron chi connectivity index (χ1n) is 6.13. The van der Waals surface area contributed by atoms with Gasteiger partial charge in [-0.25, -0.2) is 0 Å². The fourth-order valence-corrected chi connectivity index (χ4v) is 2.06. The van der Waals surface area contributed by atoms with Crippen LogP contribution in [0.5, 0.6) is 0 Å². The highest BCUT2D eigenvalue weighted by Gasteiger charge is 2.21. The fraction of sp³-hybridized carbons (Fsp3) is 0.429. The van der Waals surface area contributed by atoms with Gasteiger partial charge in [0.25, 0.3) is 0 Å². The minimum atomic E-state index is 0.0965. The van der Waals surface area contributed by atoms with Crippen molar-refractivity contribution in [2.24, 2.45) is 5.92 Å². The van der Waals surface area contributed by atoms with Crippen LogP contribution < -0.4 is 0 Å². The molecule has 1 aromatic carbocycles. The molecule has 0 saturated heterocycles. The maximum Gasteiger partial charge on any atom is 0.122 e. The van der Waals surface area contributed by atoms with Crippen molar-refractivity contribution < 1.29 is 9.84 Å². The van der Waals surface area contributed by atoms with E-state index in [4.69, 9.17) is 9.84 Å². The van der Waals surface area contributed by atoms with E-state index in [9.17, 15) is 0 Å². The molecule has 1 saturated carbocycles. The summed E-state index contributed by atoms with van der Waals surface area (Å²) in [5.41, 5.74) is 2.12. The Morgan fingerprint density at radius 3 is 2.94 bits per heavy atom. The number of nitrogens with zero attached hydrogens (tertiary/aromatic N) is 1. The topological polar surface area (TPSA) is 34.4 Å². The van der Waals surface area contributed by atoms with Crippen molar-refractivity contribution in [3.05, 3.63) is 36.0 Å². The molecule has 0 aliphatic heterocycles. The highest BCUT2D eigenvalue weighted by molar-refractivity contribution is 5.80. The third-order valence-electron chi connectivity index (χ3n) is 3.30. The van der Waals surface area contributed by atoms with Gasteiger partial charge in [-0.3, -0.25) is 0 Å². The highest BCUT2D eigenvalue weighted by Crippen LogP contribution is 2.29. The zero-order valence-electron chi connectivity index (χ0n) is 9.80. The van der Waals surface area contributed by atoms with Crippen LogP contribution in [0, 0.1) is 5.92 Å². The molecule has 1 aliphatic carbocycles. The van der Waals surface area contributed by atoms with E-state index in [-0.39, 0.29) is 6.61 Å². The maximum absolute atomic E-state index is 9.08. The van der Waals surface area contributed by atoms with Crippen LogP contribution in [0.2, 0.25) is 0 Å². The van der Waals surface area contributed by atoms with Gasteiger partial charge in [0.05, 0.1) is 13.2 Å². The van der Waals surface area contributed by atoms with Gasteiger partial charge in [0.2, 0.25) is 0 Å². The zero-order chi connectivity index (χ0) is 11.7. The Hall–Kier alpha value is -1.32. The summed E-state index contributed by atoms with van der Waals surface area (Å²) in [4.78, 5) is 0. The Labute approximate surface area is 101 Å². The van der Waals surface area contributed by atoms with E-state index in [0.29, 0.717) is 6.73 Å². The summed E-state index contributed by atoms with van der Waals surface area (Å²) in [5, 5.41) is 10.2. The molecule has 3 rings (SSSR count). The first kappa shape index (κ1) is 10.8. The number of hydrogen-bond acceptors (Lipinski definition) is 2. The van der Waals surface area contributed by atoms with Gasteiger partial charge in [-0.2, -0.15) is 0 Å². The summed E-state index contributed by atoms with van der Waals surface area (Å²) in [6, 6.07) is 8.09. The monoisotopic (exact) mass is 231 g/mol. The Morgan fingerprint density at radius 2 is 2.18 bits per heavy atom. The molecule has 17 heavy (non-hydrogen) atoms. The second kappa shape index (κ2) is 4.51. The van der Waals surface area contributed by atoms with Crippen molar-refractivity contribution in [2.45, 2.75) is 26.2 Å². The second-order valence-electron chi connectivity index (χ2n) is 4.78. The Bertz CT molecular complexity index is 514. The molecule has 1 fully saturated rings. The summed E-state index contributed by atoms with van der Waals surface area (Å²) in [5.74, 6) is 0.804. The van der Waals surface area contributed by atoms with Gasteiger partial charge in [0, 0.05) is 11.7 Å². The minimum absolute atomic E-state index is 0.0965. The van der Waals surface area contributed by atoms with E-state index in [0.717, 1.165) is 29.0 Å². The molecule has 0 atom stereocenters. The Morgan fingerprint density at radius 1 is 1.29 bits per heavy atom. The normalized spacial score (nSPS) is 15.6. The fourth-order valence-electron chi connectivity index (χ4n) is 2.06. The van der Waals surface area contributed by atoms with Crippen LogP contribution in [0.25, 0.3) is 10.9 Å². The summed E-state index contributed by atoms with van der Waals surface area (Å²) >= 11 is 0. The number of ether oxygens (including phenoxy) is 1. The number of aliphatic hydroxyl groups excluding tert-OH is 1. The van der Waals surface area contributed by atoms with E-state index in [1.165, 1.54) is 12.8 Å². The SMILES string of the molecule is OCc1ccc2c(ccn2COCC2CC2)c1. The van der Waals surface area contributed by atoms with Crippen molar-refractivity contribution in [1.29, 1.82) is 0 Å². The molecule has 90 valence electrons. The zero-order valence-corrected chi connectivity index (χ0v) is 9.80. The van der Waals surface area contributed by atoms with Crippen molar-refractivity contribution in [1.82, 2.24) is 4.57 Å². The van der Waals surface area contributed by atoms with Crippen LogP contribution in [-0.4, -0.2) is 16.3 Å². The summed E-state index contributed by atoms with van der Waals surface area (Å²) in [6.07, 6.45) is 4.69. The third kappa shape index (κ3) is 2.35. The molecule has 0 spiro atoms. The van der Waals surface area contributed by atoms with E-state index in [2.05, 4.69) is 10.6 Å². The lowest BCUT2D eigenvalue weighted by molar-refractivity contribution is 0.0718. The van der Waals surface area contributed by atoms with E-state index in [1.54, 1.807) is 0 Å². The van der Waals surface area contributed by atoms with Crippen LogP contribution in [0.1, 0.15) is 18.4 Å². The summed E-state index contributed by atoms with van der Waals surface area (Å²) < 4.78 is 7.79. The second-order valence-corrected chi connectivity index (χ2v) is 4.78. The average molecular weight is 231 g/mol. The predicted octanol–water partition coefficient (Wildman–Crippen LogP) is 2.52. The molecule has 3 heteroatoms. The van der Waals surface area contributed by atoms with E-state index < -0.39 is 0 Å². The molecular weight excluding hydrogens is 214 g/mol. The lowest BCUT2D eigenvalue weighted by Gasteiger charge is -2.06. The molecule has 0 amide bonds. The van der Waals surface area contributed by atoms with Crippen LogP contribution in [-0.2, 0) is 18.1 Å².